The highest BCUT2D eigenvalue weighted by Gasteiger charge is 2.32. The number of amides is 2. The zero-order valence-electron chi connectivity index (χ0n) is 19.5. The molecule has 13 heteroatoms. The van der Waals surface area contributed by atoms with E-state index in [0.29, 0.717) is 30.3 Å². The molecule has 3 aromatic rings. The molecular formula is C23H23ClF3N7O2. The van der Waals surface area contributed by atoms with E-state index in [9.17, 15) is 22.8 Å². The van der Waals surface area contributed by atoms with Gasteiger partial charge in [0, 0.05) is 43.0 Å². The Morgan fingerprint density at radius 2 is 1.78 bits per heavy atom. The van der Waals surface area contributed by atoms with Crippen molar-refractivity contribution >= 4 is 23.4 Å². The van der Waals surface area contributed by atoms with E-state index in [-0.39, 0.29) is 16.5 Å². The summed E-state index contributed by atoms with van der Waals surface area (Å²) in [4.78, 5) is 37.8. The van der Waals surface area contributed by atoms with Crippen molar-refractivity contribution in [3.63, 3.8) is 0 Å². The van der Waals surface area contributed by atoms with Gasteiger partial charge in [0.05, 0.1) is 17.2 Å². The summed E-state index contributed by atoms with van der Waals surface area (Å²) in [6, 6.07) is 5.16. The number of pyridine rings is 1. The van der Waals surface area contributed by atoms with Crippen LogP contribution in [-0.4, -0.2) is 74.6 Å². The molecule has 9 nitrogen and oxygen atoms in total. The predicted molar refractivity (Wildman–Crippen MR) is 125 cm³/mol. The van der Waals surface area contributed by atoms with Gasteiger partial charge in [-0.25, -0.2) is 9.97 Å². The highest BCUT2D eigenvalue weighted by atomic mass is 35.5. The van der Waals surface area contributed by atoms with E-state index in [1.54, 1.807) is 24.0 Å². The number of aromatic nitrogens is 4. The summed E-state index contributed by atoms with van der Waals surface area (Å²) in [6.45, 7) is 4.49. The van der Waals surface area contributed by atoms with E-state index >= 15 is 0 Å². The van der Waals surface area contributed by atoms with Gasteiger partial charge in [0.2, 0.25) is 0 Å². The van der Waals surface area contributed by atoms with Crippen LogP contribution in [0.15, 0.2) is 42.9 Å². The van der Waals surface area contributed by atoms with Crippen LogP contribution in [0.1, 0.15) is 45.1 Å². The van der Waals surface area contributed by atoms with Gasteiger partial charge in [0.25, 0.3) is 11.8 Å². The van der Waals surface area contributed by atoms with E-state index in [0.717, 1.165) is 31.3 Å². The molecule has 2 amide bonds. The molecule has 1 N–H and O–H groups in total. The van der Waals surface area contributed by atoms with Gasteiger partial charge < -0.3 is 15.1 Å². The number of nitrogens with one attached hydrogen (secondary N) is 1. The van der Waals surface area contributed by atoms with Crippen LogP contribution in [0.5, 0.6) is 0 Å². The van der Waals surface area contributed by atoms with Gasteiger partial charge >= 0.3 is 6.18 Å². The second kappa shape index (κ2) is 10.2. The first-order chi connectivity index (χ1) is 17.0. The van der Waals surface area contributed by atoms with E-state index in [1.807, 2.05) is 7.05 Å². The normalized spacial score (nSPS) is 15.6. The third-order valence-corrected chi connectivity index (χ3v) is 6.02. The Morgan fingerprint density at radius 1 is 1.06 bits per heavy atom. The van der Waals surface area contributed by atoms with Crippen LogP contribution in [0.25, 0.3) is 5.82 Å². The Balaban J connectivity index is 1.48. The molecule has 1 fully saturated rings. The number of likely N-dealkylation sites (N-methyl/N-ethyl adjacent to an activating group) is 1. The number of benzene rings is 1. The third kappa shape index (κ3) is 5.65. The van der Waals surface area contributed by atoms with Gasteiger partial charge in [-0.2, -0.15) is 23.0 Å². The van der Waals surface area contributed by atoms with Gasteiger partial charge in [-0.3, -0.25) is 9.59 Å². The maximum atomic E-state index is 13.1. The van der Waals surface area contributed by atoms with Crippen molar-refractivity contribution in [2.75, 3.05) is 33.2 Å². The number of rotatable bonds is 5. The smallest absolute Gasteiger partial charge is 0.342 e. The van der Waals surface area contributed by atoms with Crippen LogP contribution >= 0.6 is 11.6 Å². The fraction of sp³-hybridized carbons (Fsp3) is 0.348. The molecular weight excluding hydrogens is 499 g/mol. The Morgan fingerprint density at radius 3 is 2.42 bits per heavy atom. The molecule has 0 radical (unpaired) electrons. The monoisotopic (exact) mass is 521 g/mol. The van der Waals surface area contributed by atoms with Crippen LogP contribution in [0.2, 0.25) is 5.02 Å². The fourth-order valence-electron chi connectivity index (χ4n) is 3.78. The molecule has 0 bridgehead atoms. The molecule has 3 heterocycles. The van der Waals surface area contributed by atoms with Gasteiger partial charge in [0.1, 0.15) is 6.33 Å². The zero-order chi connectivity index (χ0) is 26.0. The fourth-order valence-corrected chi connectivity index (χ4v) is 4.02. The second-order valence-electron chi connectivity index (χ2n) is 8.45. The number of carbonyl (C=O) groups is 2. The summed E-state index contributed by atoms with van der Waals surface area (Å²) in [5.41, 5.74) is -0.822. The van der Waals surface area contributed by atoms with Crippen molar-refractivity contribution < 1.29 is 22.8 Å². The summed E-state index contributed by atoms with van der Waals surface area (Å²) in [5, 5.41) is 6.54. The Kier molecular flexibility index (Phi) is 7.27. The van der Waals surface area contributed by atoms with Crippen LogP contribution < -0.4 is 5.32 Å². The number of piperazine rings is 1. The molecule has 1 atom stereocenters. The van der Waals surface area contributed by atoms with Crippen LogP contribution in [-0.2, 0) is 6.18 Å². The molecule has 2 aromatic heterocycles. The lowest BCUT2D eigenvalue weighted by molar-refractivity contribution is -0.137. The predicted octanol–water partition coefficient (Wildman–Crippen LogP) is 3.21. The summed E-state index contributed by atoms with van der Waals surface area (Å²) in [5.74, 6) is -0.208. The topological polar surface area (TPSA) is 96.2 Å². The van der Waals surface area contributed by atoms with E-state index in [4.69, 9.17) is 11.6 Å². The first-order valence-corrected chi connectivity index (χ1v) is 11.4. The number of nitrogens with zero attached hydrogens (tertiary/aromatic N) is 6. The largest absolute Gasteiger partial charge is 0.416 e. The number of carbonyl (C=O) groups excluding carboxylic acids is 2. The van der Waals surface area contributed by atoms with Crippen molar-refractivity contribution in [3.8, 4) is 5.82 Å². The molecule has 1 aliphatic heterocycles. The molecule has 0 aliphatic carbocycles. The van der Waals surface area contributed by atoms with Gasteiger partial charge in [-0.05, 0) is 44.3 Å². The average Bonchev–Trinajstić information content (AvgIpc) is 3.33. The maximum absolute atomic E-state index is 13.1. The summed E-state index contributed by atoms with van der Waals surface area (Å²) >= 11 is 5.79. The molecule has 0 spiro atoms. The summed E-state index contributed by atoms with van der Waals surface area (Å²) in [6.07, 6.45) is -1.92. The minimum atomic E-state index is -4.64. The van der Waals surface area contributed by atoms with Crippen molar-refractivity contribution in [1.29, 1.82) is 0 Å². The SMILES string of the molecule is C[C@H](NC(=O)c1cc(Cl)cc(C(F)(F)F)c1)c1ncnn1-c1ccc(C(=O)N2CCN(C)CC2)cn1. The van der Waals surface area contributed by atoms with Gasteiger partial charge in [-0.1, -0.05) is 11.6 Å². The Hall–Kier alpha value is -3.51. The summed E-state index contributed by atoms with van der Waals surface area (Å²) in [7, 11) is 2.01. The van der Waals surface area contributed by atoms with Crippen LogP contribution in [0, 0.1) is 0 Å². The molecule has 4 rings (SSSR count). The average molecular weight is 522 g/mol. The van der Waals surface area contributed by atoms with Crippen LogP contribution in [0.4, 0.5) is 13.2 Å². The van der Waals surface area contributed by atoms with Gasteiger partial charge in [-0.15, -0.1) is 0 Å². The first-order valence-electron chi connectivity index (χ1n) is 11.1. The molecule has 1 aliphatic rings. The van der Waals surface area contributed by atoms with E-state index < -0.39 is 23.7 Å². The lowest BCUT2D eigenvalue weighted by Gasteiger charge is -2.32. The number of hydrogen-bond acceptors (Lipinski definition) is 6. The first kappa shape index (κ1) is 25.6. The molecule has 0 unspecified atom stereocenters. The van der Waals surface area contributed by atoms with E-state index in [2.05, 4.69) is 25.3 Å². The quantitative estimate of drug-likeness (QED) is 0.554. The molecule has 1 saturated heterocycles. The van der Waals surface area contributed by atoms with Crippen molar-refractivity contribution in [3.05, 3.63) is 70.4 Å². The molecule has 36 heavy (non-hydrogen) atoms. The molecule has 190 valence electrons. The second-order valence-corrected chi connectivity index (χ2v) is 8.89. The van der Waals surface area contributed by atoms with Gasteiger partial charge in [0.15, 0.2) is 11.6 Å². The highest BCUT2D eigenvalue weighted by molar-refractivity contribution is 6.31. The van der Waals surface area contributed by atoms with Crippen LogP contribution in [0.3, 0.4) is 0 Å². The Bertz CT molecular complexity index is 1260. The number of alkyl halides is 3. The zero-order valence-corrected chi connectivity index (χ0v) is 20.2. The number of halogens is 4. The molecule has 0 saturated carbocycles. The van der Waals surface area contributed by atoms with Crippen molar-refractivity contribution in [2.45, 2.75) is 19.1 Å². The van der Waals surface area contributed by atoms with Crippen molar-refractivity contribution in [1.82, 2.24) is 34.9 Å². The third-order valence-electron chi connectivity index (χ3n) is 5.80. The highest BCUT2D eigenvalue weighted by Crippen LogP contribution is 2.32. The Labute approximate surface area is 209 Å². The minimum absolute atomic E-state index is 0.110. The minimum Gasteiger partial charge on any atom is -0.342 e. The lowest BCUT2D eigenvalue weighted by atomic mass is 10.1. The number of hydrogen-bond donors (Lipinski definition) is 1. The lowest BCUT2D eigenvalue weighted by Crippen LogP contribution is -2.47. The maximum Gasteiger partial charge on any atom is 0.416 e. The summed E-state index contributed by atoms with van der Waals surface area (Å²) < 4.78 is 40.7. The molecule has 1 aromatic carbocycles. The van der Waals surface area contributed by atoms with E-state index in [1.165, 1.54) is 17.2 Å². The standard InChI is InChI=1S/C23H23ClF3N7O2/c1-14(31-21(35)16-9-17(23(25,26)27)11-18(24)10-16)20-29-13-30-34(20)19-4-3-15(12-28-19)22(36)33-7-5-32(2)6-8-33/h3-4,9-14H,5-8H2,1-2H3,(H,31,35)/t14-/m0/s1. The van der Waals surface area contributed by atoms with Crippen molar-refractivity contribution in [2.24, 2.45) is 0 Å².